The van der Waals surface area contributed by atoms with Gasteiger partial charge in [-0.1, -0.05) is 0 Å². The Balaban J connectivity index is 2.64. The van der Waals surface area contributed by atoms with Crippen LogP contribution in [0.3, 0.4) is 0 Å². The van der Waals surface area contributed by atoms with E-state index in [1.165, 1.54) is 10.7 Å². The fourth-order valence-electron chi connectivity index (χ4n) is 1.36. The molecule has 0 amide bonds. The molecule has 1 aromatic heterocycles. The molecule has 3 nitrogen and oxygen atoms in total. The topological polar surface area (TPSA) is 33.6 Å². The van der Waals surface area contributed by atoms with Crippen molar-refractivity contribution in [2.75, 3.05) is 0 Å². The van der Waals surface area contributed by atoms with Crippen LogP contribution >= 0.6 is 12.2 Å². The number of hydrogen-bond acceptors (Lipinski definition) is 2. The summed E-state index contributed by atoms with van der Waals surface area (Å²) in [6, 6.07) is 2.24. The summed E-state index contributed by atoms with van der Waals surface area (Å²) in [5.74, 6) is -0.934. The number of aryl methyl sites for hydroxylation is 2. The molecule has 0 atom stereocenters. The van der Waals surface area contributed by atoms with E-state index in [1.54, 1.807) is 14.0 Å². The maximum Gasteiger partial charge on any atom is 0.216 e. The molecule has 1 heterocycles. The molecule has 0 unspecified atom stereocenters. The van der Waals surface area contributed by atoms with E-state index in [2.05, 4.69) is 10.1 Å². The fraction of sp³-hybridized carbons (Fsp3) is 0.200. The van der Waals surface area contributed by atoms with Crippen molar-refractivity contribution < 1.29 is 8.78 Å². The Hall–Kier alpha value is -1.56. The minimum absolute atomic E-state index is 0.214. The second-order valence-corrected chi connectivity index (χ2v) is 3.86. The first-order valence-corrected chi connectivity index (χ1v) is 4.99. The quantitative estimate of drug-likeness (QED) is 0.779. The van der Waals surface area contributed by atoms with Crippen LogP contribution in [-0.4, -0.2) is 14.8 Å². The third-order valence-corrected chi connectivity index (χ3v) is 2.64. The number of aromatic amines is 1. The van der Waals surface area contributed by atoms with Crippen LogP contribution in [0.25, 0.3) is 11.4 Å². The van der Waals surface area contributed by atoms with Gasteiger partial charge in [0.25, 0.3) is 0 Å². The third-order valence-electron chi connectivity index (χ3n) is 2.27. The van der Waals surface area contributed by atoms with Crippen molar-refractivity contribution in [2.45, 2.75) is 6.92 Å². The molecule has 0 aliphatic carbocycles. The van der Waals surface area contributed by atoms with Crippen molar-refractivity contribution in [1.29, 1.82) is 0 Å². The Morgan fingerprint density at radius 1 is 1.31 bits per heavy atom. The summed E-state index contributed by atoms with van der Waals surface area (Å²) in [7, 11) is 1.67. The van der Waals surface area contributed by atoms with Crippen LogP contribution in [-0.2, 0) is 7.05 Å². The van der Waals surface area contributed by atoms with E-state index >= 15 is 0 Å². The van der Waals surface area contributed by atoms with Gasteiger partial charge in [0.1, 0.15) is 11.6 Å². The molecule has 1 N–H and O–H groups in total. The van der Waals surface area contributed by atoms with Gasteiger partial charge in [-0.2, -0.15) is 4.98 Å². The van der Waals surface area contributed by atoms with Crippen LogP contribution < -0.4 is 0 Å². The Morgan fingerprint density at radius 3 is 2.56 bits per heavy atom. The van der Waals surface area contributed by atoms with E-state index in [4.69, 9.17) is 12.2 Å². The van der Waals surface area contributed by atoms with E-state index in [0.29, 0.717) is 16.2 Å². The maximum absolute atomic E-state index is 13.5. The summed E-state index contributed by atoms with van der Waals surface area (Å²) < 4.78 is 28.4. The summed E-state index contributed by atoms with van der Waals surface area (Å²) in [5, 5.41) is 2.79. The van der Waals surface area contributed by atoms with Gasteiger partial charge in [-0.25, -0.2) is 8.78 Å². The Morgan fingerprint density at radius 2 is 2.00 bits per heavy atom. The summed E-state index contributed by atoms with van der Waals surface area (Å²) >= 11 is 4.90. The summed E-state index contributed by atoms with van der Waals surface area (Å²) in [6.07, 6.45) is 0. The third kappa shape index (κ3) is 1.76. The lowest BCUT2D eigenvalue weighted by atomic mass is 10.1. The molecular formula is C10H9F2N3S. The first-order valence-electron chi connectivity index (χ1n) is 4.58. The monoisotopic (exact) mass is 241 g/mol. The highest BCUT2D eigenvalue weighted by Gasteiger charge is 2.12. The minimum Gasteiger partial charge on any atom is -0.279 e. The standard InChI is InChI=1S/C10H9F2N3S/c1-5-3-6(8(12)4-7(5)11)9-13-10(16)15(2)14-9/h3-4H,1-2H3,(H,13,14,16). The molecular weight excluding hydrogens is 232 g/mol. The molecule has 0 aliphatic heterocycles. The van der Waals surface area contributed by atoms with E-state index in [0.717, 1.165) is 6.07 Å². The Labute approximate surface area is 95.7 Å². The number of H-pyrrole nitrogens is 1. The highest BCUT2D eigenvalue weighted by Crippen LogP contribution is 2.22. The van der Waals surface area contributed by atoms with Crippen LogP contribution in [0.1, 0.15) is 5.56 Å². The van der Waals surface area contributed by atoms with Gasteiger partial charge in [0, 0.05) is 13.1 Å². The molecule has 0 saturated heterocycles. The molecule has 6 heteroatoms. The molecule has 0 fully saturated rings. The van der Waals surface area contributed by atoms with Crippen LogP contribution in [0.15, 0.2) is 12.1 Å². The van der Waals surface area contributed by atoms with E-state index in [-0.39, 0.29) is 5.56 Å². The van der Waals surface area contributed by atoms with Crippen molar-refractivity contribution in [3.05, 3.63) is 34.1 Å². The van der Waals surface area contributed by atoms with Crippen LogP contribution in [0.2, 0.25) is 0 Å². The summed E-state index contributed by atoms with van der Waals surface area (Å²) in [5.41, 5.74) is 0.576. The van der Waals surface area contributed by atoms with Crippen LogP contribution in [0.5, 0.6) is 0 Å². The number of rotatable bonds is 1. The Bertz CT molecular complexity index is 601. The number of nitrogens with one attached hydrogen (secondary N) is 1. The van der Waals surface area contributed by atoms with Crippen molar-refractivity contribution >= 4 is 12.2 Å². The van der Waals surface area contributed by atoms with Gasteiger partial charge in [0.2, 0.25) is 4.77 Å². The normalized spacial score (nSPS) is 10.8. The highest BCUT2D eigenvalue weighted by atomic mass is 32.1. The van der Waals surface area contributed by atoms with E-state index in [9.17, 15) is 8.78 Å². The minimum atomic E-state index is -0.660. The van der Waals surface area contributed by atoms with Gasteiger partial charge in [-0.15, -0.1) is 0 Å². The molecule has 2 rings (SSSR count). The molecule has 16 heavy (non-hydrogen) atoms. The lowest BCUT2D eigenvalue weighted by Gasteiger charge is -2.02. The molecule has 0 spiro atoms. The number of aromatic nitrogens is 3. The first-order chi connectivity index (χ1) is 7.49. The number of nitrogens with zero attached hydrogens (tertiary/aromatic N) is 2. The number of benzene rings is 1. The Kier molecular flexibility index (Phi) is 2.59. The molecule has 0 aliphatic rings. The van der Waals surface area contributed by atoms with Gasteiger partial charge >= 0.3 is 0 Å². The maximum atomic E-state index is 13.5. The molecule has 1 aromatic carbocycles. The van der Waals surface area contributed by atoms with Gasteiger partial charge in [-0.3, -0.25) is 9.78 Å². The lowest BCUT2D eigenvalue weighted by Crippen LogP contribution is -1.93. The first kappa shape index (κ1) is 10.9. The largest absolute Gasteiger partial charge is 0.279 e. The lowest BCUT2D eigenvalue weighted by molar-refractivity contribution is 0.579. The smallest absolute Gasteiger partial charge is 0.216 e. The van der Waals surface area contributed by atoms with Crippen molar-refractivity contribution in [1.82, 2.24) is 14.8 Å². The second-order valence-electron chi connectivity index (χ2n) is 3.50. The number of halogens is 2. The highest BCUT2D eigenvalue weighted by molar-refractivity contribution is 7.71. The number of hydrogen-bond donors (Lipinski definition) is 1. The molecule has 0 radical (unpaired) electrons. The summed E-state index contributed by atoms with van der Waals surface area (Å²) in [6.45, 7) is 1.57. The van der Waals surface area contributed by atoms with E-state index in [1.807, 2.05) is 0 Å². The molecule has 0 bridgehead atoms. The van der Waals surface area contributed by atoms with Crippen molar-refractivity contribution in [2.24, 2.45) is 7.05 Å². The zero-order chi connectivity index (χ0) is 11.9. The predicted octanol–water partition coefficient (Wildman–Crippen LogP) is 2.73. The molecule has 84 valence electrons. The average Bonchev–Trinajstić information content (AvgIpc) is 2.53. The molecule has 0 saturated carbocycles. The van der Waals surface area contributed by atoms with Gasteiger partial charge < -0.3 is 0 Å². The van der Waals surface area contributed by atoms with Gasteiger partial charge in [0.05, 0.1) is 5.56 Å². The van der Waals surface area contributed by atoms with Gasteiger partial charge in [0.15, 0.2) is 5.82 Å². The summed E-state index contributed by atoms with van der Waals surface area (Å²) in [4.78, 5) is 3.97. The van der Waals surface area contributed by atoms with Crippen molar-refractivity contribution in [3.8, 4) is 11.4 Å². The zero-order valence-electron chi connectivity index (χ0n) is 8.71. The van der Waals surface area contributed by atoms with Crippen molar-refractivity contribution in [3.63, 3.8) is 0 Å². The van der Waals surface area contributed by atoms with E-state index < -0.39 is 11.6 Å². The molecule has 2 aromatic rings. The SMILES string of the molecule is Cc1cc(-c2nc(=S)n(C)[nH]2)c(F)cc1F. The fourth-order valence-corrected chi connectivity index (χ4v) is 1.50. The van der Waals surface area contributed by atoms with Gasteiger partial charge in [-0.05, 0) is 30.8 Å². The van der Waals surface area contributed by atoms with Crippen LogP contribution in [0, 0.1) is 23.3 Å². The van der Waals surface area contributed by atoms with Crippen LogP contribution in [0.4, 0.5) is 8.78 Å². The zero-order valence-corrected chi connectivity index (χ0v) is 9.53. The second kappa shape index (κ2) is 3.79. The average molecular weight is 241 g/mol. The predicted molar refractivity (Wildman–Crippen MR) is 58.5 cm³/mol.